The SMILES string of the molecule is CCCNC(=O)C(C)S(=O)c1ccc(N)cc1. The molecule has 0 aromatic heterocycles. The summed E-state index contributed by atoms with van der Waals surface area (Å²) in [6.45, 7) is 4.25. The molecule has 4 nitrogen and oxygen atoms in total. The maximum Gasteiger partial charge on any atom is 0.235 e. The maximum atomic E-state index is 12.1. The van der Waals surface area contributed by atoms with Crippen molar-refractivity contribution in [2.24, 2.45) is 0 Å². The molecular formula is C12H18N2O2S. The van der Waals surface area contributed by atoms with Crippen molar-refractivity contribution in [1.29, 1.82) is 0 Å². The van der Waals surface area contributed by atoms with Gasteiger partial charge in [0.25, 0.3) is 0 Å². The van der Waals surface area contributed by atoms with Gasteiger partial charge >= 0.3 is 0 Å². The second kappa shape index (κ2) is 6.39. The molecule has 94 valence electrons. The van der Waals surface area contributed by atoms with E-state index in [4.69, 9.17) is 5.73 Å². The smallest absolute Gasteiger partial charge is 0.235 e. The lowest BCUT2D eigenvalue weighted by Crippen LogP contribution is -2.35. The zero-order valence-electron chi connectivity index (χ0n) is 10.1. The van der Waals surface area contributed by atoms with Gasteiger partial charge in [0.05, 0.1) is 10.8 Å². The van der Waals surface area contributed by atoms with E-state index in [1.807, 2.05) is 6.92 Å². The van der Waals surface area contributed by atoms with Gasteiger partial charge < -0.3 is 11.1 Å². The molecule has 0 fully saturated rings. The first-order valence-electron chi connectivity index (χ1n) is 5.60. The molecule has 3 N–H and O–H groups in total. The van der Waals surface area contributed by atoms with E-state index in [0.717, 1.165) is 6.42 Å². The number of carbonyl (C=O) groups is 1. The largest absolute Gasteiger partial charge is 0.399 e. The third-order valence-corrected chi connectivity index (χ3v) is 3.95. The van der Waals surface area contributed by atoms with Crippen LogP contribution in [0.15, 0.2) is 29.2 Å². The third kappa shape index (κ3) is 3.85. The van der Waals surface area contributed by atoms with E-state index in [2.05, 4.69) is 5.32 Å². The van der Waals surface area contributed by atoms with E-state index in [0.29, 0.717) is 17.1 Å². The minimum Gasteiger partial charge on any atom is -0.399 e. The molecule has 0 aliphatic rings. The lowest BCUT2D eigenvalue weighted by atomic mass is 10.3. The minimum atomic E-state index is -1.34. The first-order valence-corrected chi connectivity index (χ1v) is 6.81. The number of nitrogen functional groups attached to an aromatic ring is 1. The first kappa shape index (κ1) is 13.7. The van der Waals surface area contributed by atoms with E-state index in [1.165, 1.54) is 0 Å². The molecule has 0 heterocycles. The topological polar surface area (TPSA) is 72.2 Å². The normalized spacial score (nSPS) is 14.0. The summed E-state index contributed by atoms with van der Waals surface area (Å²) in [6.07, 6.45) is 0.868. The predicted octanol–water partition coefficient (Wildman–Crippen LogP) is 1.29. The van der Waals surface area contributed by atoms with Crippen LogP contribution in [0.3, 0.4) is 0 Å². The Morgan fingerprint density at radius 3 is 2.53 bits per heavy atom. The Morgan fingerprint density at radius 2 is 2.00 bits per heavy atom. The number of nitrogens with one attached hydrogen (secondary N) is 1. The van der Waals surface area contributed by atoms with E-state index < -0.39 is 16.0 Å². The highest BCUT2D eigenvalue weighted by atomic mass is 32.2. The molecule has 0 aliphatic carbocycles. The summed E-state index contributed by atoms with van der Waals surface area (Å²) in [4.78, 5) is 12.3. The van der Waals surface area contributed by atoms with Crippen LogP contribution in [0.1, 0.15) is 20.3 Å². The molecule has 0 spiro atoms. The van der Waals surface area contributed by atoms with Crippen molar-refractivity contribution in [3.8, 4) is 0 Å². The van der Waals surface area contributed by atoms with E-state index in [1.54, 1.807) is 31.2 Å². The number of hydrogen-bond donors (Lipinski definition) is 2. The quantitative estimate of drug-likeness (QED) is 0.778. The summed E-state index contributed by atoms with van der Waals surface area (Å²) in [5.74, 6) is -0.179. The minimum absolute atomic E-state index is 0.179. The number of benzene rings is 1. The van der Waals surface area contributed by atoms with Gasteiger partial charge in [0, 0.05) is 17.1 Å². The van der Waals surface area contributed by atoms with Gasteiger partial charge in [-0.2, -0.15) is 0 Å². The fourth-order valence-electron chi connectivity index (χ4n) is 1.30. The van der Waals surface area contributed by atoms with Crippen molar-refractivity contribution in [1.82, 2.24) is 5.32 Å². The summed E-state index contributed by atoms with van der Waals surface area (Å²) < 4.78 is 12.1. The molecule has 0 radical (unpaired) electrons. The zero-order chi connectivity index (χ0) is 12.8. The van der Waals surface area contributed by atoms with Crippen LogP contribution in [0.25, 0.3) is 0 Å². The summed E-state index contributed by atoms with van der Waals surface area (Å²) in [7, 11) is -1.34. The fraction of sp³-hybridized carbons (Fsp3) is 0.417. The molecule has 1 aromatic rings. The molecule has 2 unspecified atom stereocenters. The van der Waals surface area contributed by atoms with Gasteiger partial charge in [-0.25, -0.2) is 0 Å². The Labute approximate surface area is 104 Å². The van der Waals surface area contributed by atoms with Crippen molar-refractivity contribution in [3.63, 3.8) is 0 Å². The Hall–Kier alpha value is -1.36. The molecular weight excluding hydrogens is 236 g/mol. The number of hydrogen-bond acceptors (Lipinski definition) is 3. The highest BCUT2D eigenvalue weighted by Gasteiger charge is 2.20. The molecule has 5 heteroatoms. The average Bonchev–Trinajstić information content (AvgIpc) is 2.35. The summed E-state index contributed by atoms with van der Waals surface area (Å²) in [5.41, 5.74) is 6.17. The second-order valence-electron chi connectivity index (χ2n) is 3.80. The molecule has 1 aromatic carbocycles. The van der Waals surface area contributed by atoms with Gasteiger partial charge in [-0.3, -0.25) is 9.00 Å². The molecule has 0 saturated heterocycles. The number of amides is 1. The Balaban J connectivity index is 2.69. The van der Waals surface area contributed by atoms with Crippen molar-refractivity contribution < 1.29 is 9.00 Å². The molecule has 1 amide bonds. The van der Waals surface area contributed by atoms with Gasteiger partial charge in [-0.05, 0) is 37.6 Å². The summed E-state index contributed by atoms with van der Waals surface area (Å²) >= 11 is 0. The van der Waals surface area contributed by atoms with Gasteiger partial charge in [0.15, 0.2) is 0 Å². The molecule has 2 atom stereocenters. The maximum absolute atomic E-state index is 12.1. The Kier molecular flexibility index (Phi) is 5.15. The lowest BCUT2D eigenvalue weighted by molar-refractivity contribution is -0.120. The highest BCUT2D eigenvalue weighted by Crippen LogP contribution is 2.13. The third-order valence-electron chi connectivity index (χ3n) is 2.35. The Morgan fingerprint density at radius 1 is 1.41 bits per heavy atom. The summed E-state index contributed by atoms with van der Waals surface area (Å²) in [5, 5.41) is 2.19. The van der Waals surface area contributed by atoms with Crippen LogP contribution in [-0.4, -0.2) is 21.9 Å². The average molecular weight is 254 g/mol. The number of anilines is 1. The molecule has 0 aliphatic heterocycles. The number of rotatable bonds is 5. The van der Waals surface area contributed by atoms with Crippen LogP contribution in [0.2, 0.25) is 0 Å². The summed E-state index contributed by atoms with van der Waals surface area (Å²) in [6, 6.07) is 6.75. The van der Waals surface area contributed by atoms with Gasteiger partial charge in [0.1, 0.15) is 5.25 Å². The number of carbonyl (C=O) groups excluding carboxylic acids is 1. The zero-order valence-corrected chi connectivity index (χ0v) is 10.9. The van der Waals surface area contributed by atoms with Gasteiger partial charge in [-0.15, -0.1) is 0 Å². The van der Waals surface area contributed by atoms with E-state index in [-0.39, 0.29) is 5.91 Å². The van der Waals surface area contributed by atoms with Crippen molar-refractivity contribution >= 4 is 22.4 Å². The Bertz CT molecular complexity index is 403. The molecule has 1 rings (SSSR count). The van der Waals surface area contributed by atoms with Crippen LogP contribution in [0, 0.1) is 0 Å². The predicted molar refractivity (Wildman–Crippen MR) is 70.0 cm³/mol. The van der Waals surface area contributed by atoms with Crippen LogP contribution in [-0.2, 0) is 15.6 Å². The molecule has 0 bridgehead atoms. The van der Waals surface area contributed by atoms with E-state index in [9.17, 15) is 9.00 Å². The van der Waals surface area contributed by atoms with Crippen LogP contribution < -0.4 is 11.1 Å². The van der Waals surface area contributed by atoms with Crippen LogP contribution >= 0.6 is 0 Å². The van der Waals surface area contributed by atoms with Gasteiger partial charge in [0.2, 0.25) is 5.91 Å². The van der Waals surface area contributed by atoms with Crippen molar-refractivity contribution in [2.75, 3.05) is 12.3 Å². The standard InChI is InChI=1S/C12H18N2O2S/c1-3-8-14-12(15)9(2)17(16)11-6-4-10(13)5-7-11/h4-7,9H,3,8,13H2,1-2H3,(H,14,15). The molecule has 0 saturated carbocycles. The van der Waals surface area contributed by atoms with E-state index >= 15 is 0 Å². The lowest BCUT2D eigenvalue weighted by Gasteiger charge is -2.11. The van der Waals surface area contributed by atoms with Crippen LogP contribution in [0.4, 0.5) is 5.69 Å². The monoisotopic (exact) mass is 254 g/mol. The van der Waals surface area contributed by atoms with Crippen molar-refractivity contribution in [3.05, 3.63) is 24.3 Å². The second-order valence-corrected chi connectivity index (χ2v) is 5.57. The molecule has 17 heavy (non-hydrogen) atoms. The van der Waals surface area contributed by atoms with Crippen LogP contribution in [0.5, 0.6) is 0 Å². The number of nitrogens with two attached hydrogens (primary N) is 1. The van der Waals surface area contributed by atoms with Gasteiger partial charge in [-0.1, -0.05) is 6.92 Å². The first-order chi connectivity index (χ1) is 8.06. The van der Waals surface area contributed by atoms with Crippen molar-refractivity contribution in [2.45, 2.75) is 30.4 Å². The fourth-order valence-corrected chi connectivity index (χ4v) is 2.39. The highest BCUT2D eigenvalue weighted by molar-refractivity contribution is 7.86.